The van der Waals surface area contributed by atoms with Crippen molar-refractivity contribution in [3.8, 4) is 5.75 Å². The highest BCUT2D eigenvalue weighted by Gasteiger charge is 2.17. The van der Waals surface area contributed by atoms with Crippen molar-refractivity contribution in [1.29, 1.82) is 0 Å². The maximum absolute atomic E-state index is 12.3. The molecule has 1 aromatic heterocycles. The Kier molecular flexibility index (Phi) is 6.14. The molecule has 1 saturated heterocycles. The van der Waals surface area contributed by atoms with Gasteiger partial charge in [-0.15, -0.1) is 11.8 Å². The van der Waals surface area contributed by atoms with Crippen molar-refractivity contribution in [3.63, 3.8) is 0 Å². The number of amides is 1. The Morgan fingerprint density at radius 1 is 1.32 bits per heavy atom. The second-order valence-corrected chi connectivity index (χ2v) is 6.54. The summed E-state index contributed by atoms with van der Waals surface area (Å²) < 4.78 is 10.6. The number of nitrogens with one attached hydrogen (secondary N) is 1. The Labute approximate surface area is 151 Å². The Bertz CT molecular complexity index is 720. The highest BCUT2D eigenvalue weighted by atomic mass is 32.2. The molecule has 132 valence electrons. The van der Waals surface area contributed by atoms with E-state index in [1.54, 1.807) is 13.3 Å². The van der Waals surface area contributed by atoms with Crippen molar-refractivity contribution in [3.05, 3.63) is 42.6 Å². The van der Waals surface area contributed by atoms with E-state index < -0.39 is 0 Å². The molecule has 1 aromatic carbocycles. The first kappa shape index (κ1) is 17.6. The number of carbonyl (C=O) groups excluding carboxylic acids is 1. The van der Waals surface area contributed by atoms with Gasteiger partial charge in [-0.05, 0) is 30.3 Å². The SMILES string of the molecule is COc1cccc(SCC(=O)Nc2cccnc2N2CCOCC2)c1. The van der Waals surface area contributed by atoms with Crippen LogP contribution in [0.1, 0.15) is 0 Å². The van der Waals surface area contributed by atoms with Crippen molar-refractivity contribution in [2.24, 2.45) is 0 Å². The van der Waals surface area contributed by atoms with E-state index in [2.05, 4.69) is 15.2 Å². The molecular weight excluding hydrogens is 338 g/mol. The molecule has 1 N–H and O–H groups in total. The molecule has 6 nitrogen and oxygen atoms in total. The fourth-order valence-corrected chi connectivity index (χ4v) is 3.29. The van der Waals surface area contributed by atoms with E-state index in [0.717, 1.165) is 35.2 Å². The van der Waals surface area contributed by atoms with Crippen molar-refractivity contribution >= 4 is 29.2 Å². The lowest BCUT2D eigenvalue weighted by Gasteiger charge is -2.29. The first-order chi connectivity index (χ1) is 12.3. The van der Waals surface area contributed by atoms with Gasteiger partial charge >= 0.3 is 0 Å². The molecule has 0 radical (unpaired) electrons. The minimum absolute atomic E-state index is 0.0599. The van der Waals surface area contributed by atoms with E-state index in [0.29, 0.717) is 19.0 Å². The number of ether oxygens (including phenoxy) is 2. The second-order valence-electron chi connectivity index (χ2n) is 5.49. The third kappa shape index (κ3) is 4.87. The number of anilines is 2. The van der Waals surface area contributed by atoms with Crippen LogP contribution in [-0.2, 0) is 9.53 Å². The fourth-order valence-electron chi connectivity index (χ4n) is 2.55. The minimum atomic E-state index is -0.0599. The summed E-state index contributed by atoms with van der Waals surface area (Å²) in [7, 11) is 1.63. The predicted octanol–water partition coefficient (Wildman–Crippen LogP) is 2.66. The van der Waals surface area contributed by atoms with Crippen LogP contribution in [0, 0.1) is 0 Å². The molecule has 2 aromatic rings. The standard InChI is InChI=1S/C18H21N3O3S/c1-23-14-4-2-5-15(12-14)25-13-17(22)20-16-6-3-7-19-18(16)21-8-10-24-11-9-21/h2-7,12H,8-11,13H2,1H3,(H,20,22). The van der Waals surface area contributed by atoms with Crippen molar-refractivity contribution in [1.82, 2.24) is 4.98 Å². The zero-order valence-corrected chi connectivity index (χ0v) is 14.9. The maximum Gasteiger partial charge on any atom is 0.234 e. The molecule has 0 aliphatic carbocycles. The number of nitrogens with zero attached hydrogens (tertiary/aromatic N) is 2. The zero-order valence-electron chi connectivity index (χ0n) is 14.1. The van der Waals surface area contributed by atoms with Gasteiger partial charge in [0.1, 0.15) is 5.75 Å². The van der Waals surface area contributed by atoms with Gasteiger partial charge < -0.3 is 19.7 Å². The van der Waals surface area contributed by atoms with Gasteiger partial charge in [0.25, 0.3) is 0 Å². The van der Waals surface area contributed by atoms with Crippen LogP contribution < -0.4 is 15.0 Å². The molecule has 0 atom stereocenters. The number of hydrogen-bond acceptors (Lipinski definition) is 6. The molecule has 0 unspecified atom stereocenters. The van der Waals surface area contributed by atoms with Crippen LogP contribution in [-0.4, -0.2) is 50.1 Å². The van der Waals surface area contributed by atoms with Gasteiger partial charge in [-0.1, -0.05) is 6.07 Å². The number of carbonyl (C=O) groups is 1. The van der Waals surface area contributed by atoms with Gasteiger partial charge in [0.05, 0.1) is 31.8 Å². The lowest BCUT2D eigenvalue weighted by molar-refractivity contribution is -0.113. The predicted molar refractivity (Wildman–Crippen MR) is 99.6 cm³/mol. The summed E-state index contributed by atoms with van der Waals surface area (Å²) in [5.41, 5.74) is 0.737. The van der Waals surface area contributed by atoms with Crippen LogP contribution in [0.25, 0.3) is 0 Å². The van der Waals surface area contributed by atoms with Crippen LogP contribution in [0.3, 0.4) is 0 Å². The quantitative estimate of drug-likeness (QED) is 0.800. The van der Waals surface area contributed by atoms with E-state index >= 15 is 0 Å². The summed E-state index contributed by atoms with van der Waals surface area (Å²) in [6.07, 6.45) is 1.74. The van der Waals surface area contributed by atoms with Gasteiger partial charge in [0.15, 0.2) is 5.82 Å². The molecule has 0 spiro atoms. The highest BCUT2D eigenvalue weighted by molar-refractivity contribution is 8.00. The third-order valence-electron chi connectivity index (χ3n) is 3.78. The summed E-state index contributed by atoms with van der Waals surface area (Å²) in [6, 6.07) is 11.4. The summed E-state index contributed by atoms with van der Waals surface area (Å²) in [5.74, 6) is 1.85. The molecule has 1 fully saturated rings. The van der Waals surface area contributed by atoms with Gasteiger partial charge in [-0.3, -0.25) is 4.79 Å². The molecule has 1 amide bonds. The topological polar surface area (TPSA) is 63.7 Å². The van der Waals surface area contributed by atoms with E-state index in [4.69, 9.17) is 9.47 Å². The van der Waals surface area contributed by atoms with Crippen molar-refractivity contribution in [2.75, 3.05) is 49.4 Å². The van der Waals surface area contributed by atoms with Crippen LogP contribution in [0.2, 0.25) is 0 Å². The summed E-state index contributed by atoms with van der Waals surface area (Å²) in [6.45, 7) is 2.90. The van der Waals surface area contributed by atoms with Gasteiger partial charge in [0, 0.05) is 24.2 Å². The number of rotatable bonds is 6. The number of methoxy groups -OCH3 is 1. The Morgan fingerprint density at radius 3 is 2.96 bits per heavy atom. The lowest BCUT2D eigenvalue weighted by Crippen LogP contribution is -2.37. The van der Waals surface area contributed by atoms with Crippen LogP contribution in [0.4, 0.5) is 11.5 Å². The molecule has 1 aliphatic rings. The minimum Gasteiger partial charge on any atom is -0.497 e. The first-order valence-electron chi connectivity index (χ1n) is 8.10. The molecule has 7 heteroatoms. The maximum atomic E-state index is 12.3. The first-order valence-corrected chi connectivity index (χ1v) is 9.09. The number of morpholine rings is 1. The largest absolute Gasteiger partial charge is 0.497 e. The molecule has 2 heterocycles. The average molecular weight is 359 g/mol. The average Bonchev–Trinajstić information content (AvgIpc) is 2.68. The second kappa shape index (κ2) is 8.73. The fraction of sp³-hybridized carbons (Fsp3) is 0.333. The Morgan fingerprint density at radius 2 is 2.16 bits per heavy atom. The van der Waals surface area contributed by atoms with E-state index in [-0.39, 0.29) is 5.91 Å². The molecule has 1 aliphatic heterocycles. The highest BCUT2D eigenvalue weighted by Crippen LogP contribution is 2.25. The smallest absolute Gasteiger partial charge is 0.234 e. The summed E-state index contributed by atoms with van der Waals surface area (Å²) in [5, 5.41) is 2.97. The number of thioether (sulfide) groups is 1. The number of pyridine rings is 1. The van der Waals surface area contributed by atoms with Crippen molar-refractivity contribution in [2.45, 2.75) is 4.90 Å². The van der Waals surface area contributed by atoms with Crippen LogP contribution >= 0.6 is 11.8 Å². The normalized spacial score (nSPS) is 14.2. The van der Waals surface area contributed by atoms with Crippen molar-refractivity contribution < 1.29 is 14.3 Å². The van der Waals surface area contributed by atoms with Gasteiger partial charge in [0.2, 0.25) is 5.91 Å². The molecule has 25 heavy (non-hydrogen) atoms. The van der Waals surface area contributed by atoms with E-state index in [1.165, 1.54) is 11.8 Å². The molecule has 0 saturated carbocycles. The molecule has 0 bridgehead atoms. The summed E-state index contributed by atoms with van der Waals surface area (Å²) in [4.78, 5) is 19.9. The monoisotopic (exact) mass is 359 g/mol. The summed E-state index contributed by atoms with van der Waals surface area (Å²) >= 11 is 1.47. The zero-order chi connectivity index (χ0) is 17.5. The number of aromatic nitrogens is 1. The van der Waals surface area contributed by atoms with E-state index in [1.807, 2.05) is 36.4 Å². The third-order valence-corrected chi connectivity index (χ3v) is 4.78. The number of benzene rings is 1. The number of hydrogen-bond donors (Lipinski definition) is 1. The Balaban J connectivity index is 1.61. The van der Waals surface area contributed by atoms with E-state index in [9.17, 15) is 4.79 Å². The van der Waals surface area contributed by atoms with Crippen LogP contribution in [0.15, 0.2) is 47.5 Å². The lowest BCUT2D eigenvalue weighted by atomic mass is 10.3. The Hall–Kier alpha value is -2.25. The van der Waals surface area contributed by atoms with Crippen LogP contribution in [0.5, 0.6) is 5.75 Å². The molecular formula is C18H21N3O3S. The molecule has 3 rings (SSSR count). The van der Waals surface area contributed by atoms with Gasteiger partial charge in [-0.25, -0.2) is 4.98 Å². The van der Waals surface area contributed by atoms with Gasteiger partial charge in [-0.2, -0.15) is 0 Å².